The zero-order valence-electron chi connectivity index (χ0n) is 11.3. The molecule has 0 saturated carbocycles. The fourth-order valence-electron chi connectivity index (χ4n) is 3.58. The van der Waals surface area contributed by atoms with Crippen LogP contribution in [-0.2, 0) is 16.8 Å². The molecule has 1 aliphatic carbocycles. The summed E-state index contributed by atoms with van der Waals surface area (Å²) in [6.07, 6.45) is 2.75. The Morgan fingerprint density at radius 2 is 2.00 bits per heavy atom. The van der Waals surface area contributed by atoms with Crippen molar-refractivity contribution in [3.63, 3.8) is 0 Å². The van der Waals surface area contributed by atoms with Crippen LogP contribution >= 0.6 is 0 Å². The summed E-state index contributed by atoms with van der Waals surface area (Å²) in [5.74, 6) is 0. The summed E-state index contributed by atoms with van der Waals surface area (Å²) >= 11 is 0. The first-order chi connectivity index (χ1) is 9.11. The molecule has 3 nitrogen and oxygen atoms in total. The van der Waals surface area contributed by atoms with E-state index in [1.54, 1.807) is 0 Å². The van der Waals surface area contributed by atoms with Crippen LogP contribution < -0.4 is 0 Å². The van der Waals surface area contributed by atoms with E-state index in [4.69, 9.17) is 4.74 Å². The third-order valence-electron chi connectivity index (χ3n) is 4.82. The highest BCUT2D eigenvalue weighted by Gasteiger charge is 2.55. The van der Waals surface area contributed by atoms with E-state index in [1.807, 2.05) is 6.92 Å². The lowest BCUT2D eigenvalue weighted by atomic mass is 9.65. The molecule has 0 amide bonds. The van der Waals surface area contributed by atoms with Gasteiger partial charge in [-0.2, -0.15) is 5.26 Å². The van der Waals surface area contributed by atoms with Crippen LogP contribution in [0.5, 0.6) is 0 Å². The summed E-state index contributed by atoms with van der Waals surface area (Å²) in [7, 11) is 0. The number of hydrogen-bond donors (Lipinski definition) is 1. The largest absolute Gasteiger partial charge is 0.383 e. The predicted octanol–water partition coefficient (Wildman–Crippen LogP) is 2.45. The number of hydrogen-bond acceptors (Lipinski definition) is 3. The Balaban J connectivity index is 2.10. The molecule has 1 saturated heterocycles. The molecule has 2 aliphatic rings. The fraction of sp³-hybridized carbons (Fsp3) is 0.562. The minimum absolute atomic E-state index is 0.566. The number of ether oxygens (including phenoxy) is 1. The molecule has 0 radical (unpaired) electrons. The number of benzene rings is 1. The molecule has 100 valence electrons. The van der Waals surface area contributed by atoms with Gasteiger partial charge in [-0.25, -0.2) is 0 Å². The molecule has 1 N–H and O–H groups in total. The van der Waals surface area contributed by atoms with Gasteiger partial charge in [0, 0.05) is 13.2 Å². The molecule has 3 heteroatoms. The molecular formula is C16H19NO2. The lowest BCUT2D eigenvalue weighted by molar-refractivity contribution is -0.108. The van der Waals surface area contributed by atoms with E-state index < -0.39 is 11.0 Å². The van der Waals surface area contributed by atoms with Gasteiger partial charge in [0.2, 0.25) is 0 Å². The minimum Gasteiger partial charge on any atom is -0.383 e. The van der Waals surface area contributed by atoms with Crippen LogP contribution in [0.4, 0.5) is 0 Å². The zero-order valence-corrected chi connectivity index (χ0v) is 11.3. The Morgan fingerprint density at radius 3 is 2.68 bits per heavy atom. The summed E-state index contributed by atoms with van der Waals surface area (Å²) in [5.41, 5.74) is 1.60. The van der Waals surface area contributed by atoms with E-state index in [0.717, 1.165) is 17.5 Å². The molecular weight excluding hydrogens is 238 g/mol. The van der Waals surface area contributed by atoms with Crippen LogP contribution in [0.25, 0.3) is 0 Å². The Bertz CT molecular complexity index is 540. The number of rotatable bonds is 1. The maximum absolute atomic E-state index is 11.3. The molecule has 1 aliphatic heterocycles. The van der Waals surface area contributed by atoms with Crippen LogP contribution in [0.1, 0.15) is 36.0 Å². The summed E-state index contributed by atoms with van der Waals surface area (Å²) in [6.45, 7) is 3.16. The van der Waals surface area contributed by atoms with Crippen LogP contribution in [0.3, 0.4) is 0 Å². The van der Waals surface area contributed by atoms with Crippen molar-refractivity contribution in [3.8, 4) is 6.07 Å². The lowest BCUT2D eigenvalue weighted by Crippen LogP contribution is -2.47. The van der Waals surface area contributed by atoms with Crippen LogP contribution in [0.15, 0.2) is 18.2 Å². The predicted molar refractivity (Wildman–Crippen MR) is 71.5 cm³/mol. The fourth-order valence-corrected chi connectivity index (χ4v) is 3.58. The first-order valence-electron chi connectivity index (χ1n) is 6.93. The highest BCUT2D eigenvalue weighted by molar-refractivity contribution is 5.43. The van der Waals surface area contributed by atoms with Gasteiger partial charge >= 0.3 is 0 Å². The van der Waals surface area contributed by atoms with Crippen molar-refractivity contribution in [3.05, 3.63) is 34.9 Å². The number of aliphatic hydroxyl groups is 1. The molecule has 1 atom stereocenters. The molecule has 1 aromatic rings. The summed E-state index contributed by atoms with van der Waals surface area (Å²) in [5, 5.41) is 21.0. The van der Waals surface area contributed by atoms with Gasteiger partial charge in [-0.15, -0.1) is 0 Å². The van der Waals surface area contributed by atoms with Gasteiger partial charge in [-0.3, -0.25) is 0 Å². The Kier molecular flexibility index (Phi) is 2.88. The van der Waals surface area contributed by atoms with Crippen molar-refractivity contribution in [2.45, 2.75) is 38.2 Å². The third-order valence-corrected chi connectivity index (χ3v) is 4.82. The van der Waals surface area contributed by atoms with Crippen molar-refractivity contribution in [1.29, 1.82) is 5.26 Å². The van der Waals surface area contributed by atoms with E-state index in [2.05, 4.69) is 24.3 Å². The molecule has 1 aromatic carbocycles. The number of aryl methyl sites for hydroxylation is 2. The van der Waals surface area contributed by atoms with Gasteiger partial charge in [-0.05, 0) is 43.7 Å². The van der Waals surface area contributed by atoms with Crippen LogP contribution in [-0.4, -0.2) is 18.3 Å². The molecule has 3 rings (SSSR count). The first-order valence-corrected chi connectivity index (χ1v) is 6.93. The second-order valence-corrected chi connectivity index (χ2v) is 5.83. The Hall–Kier alpha value is -1.37. The molecule has 0 spiro atoms. The summed E-state index contributed by atoms with van der Waals surface area (Å²) < 4.78 is 5.38. The van der Waals surface area contributed by atoms with Gasteiger partial charge in [-0.1, -0.05) is 23.8 Å². The van der Waals surface area contributed by atoms with E-state index in [-0.39, 0.29) is 0 Å². The van der Waals surface area contributed by atoms with Crippen LogP contribution in [0.2, 0.25) is 0 Å². The van der Waals surface area contributed by atoms with E-state index in [1.165, 1.54) is 5.56 Å². The van der Waals surface area contributed by atoms with E-state index in [9.17, 15) is 10.4 Å². The third kappa shape index (κ3) is 1.71. The van der Waals surface area contributed by atoms with Gasteiger partial charge in [0.1, 0.15) is 5.60 Å². The number of nitriles is 1. The lowest BCUT2D eigenvalue weighted by Gasteiger charge is -2.43. The molecule has 19 heavy (non-hydrogen) atoms. The highest BCUT2D eigenvalue weighted by atomic mass is 16.5. The SMILES string of the molecule is Cc1ccc2c(c1)C(O)(C1(C#N)CCOCC1)CC2. The smallest absolute Gasteiger partial charge is 0.109 e. The van der Waals surface area contributed by atoms with Gasteiger partial charge < -0.3 is 9.84 Å². The van der Waals surface area contributed by atoms with Crippen molar-refractivity contribution in [2.24, 2.45) is 5.41 Å². The maximum atomic E-state index is 11.3. The van der Waals surface area contributed by atoms with Gasteiger partial charge in [0.05, 0.1) is 11.5 Å². The monoisotopic (exact) mass is 257 g/mol. The van der Waals surface area contributed by atoms with Crippen molar-refractivity contribution < 1.29 is 9.84 Å². The second kappa shape index (κ2) is 4.33. The molecule has 0 aromatic heterocycles. The Morgan fingerprint density at radius 1 is 1.26 bits per heavy atom. The zero-order chi connectivity index (χ0) is 13.5. The second-order valence-electron chi connectivity index (χ2n) is 5.83. The summed E-state index contributed by atoms with van der Waals surface area (Å²) in [4.78, 5) is 0. The average molecular weight is 257 g/mol. The van der Waals surface area contributed by atoms with Crippen molar-refractivity contribution in [2.75, 3.05) is 13.2 Å². The van der Waals surface area contributed by atoms with Crippen molar-refractivity contribution in [1.82, 2.24) is 0 Å². The molecule has 1 heterocycles. The van der Waals surface area contributed by atoms with Gasteiger partial charge in [0.25, 0.3) is 0 Å². The van der Waals surface area contributed by atoms with Crippen molar-refractivity contribution >= 4 is 0 Å². The number of fused-ring (bicyclic) bond motifs is 1. The molecule has 0 bridgehead atoms. The quantitative estimate of drug-likeness (QED) is 0.840. The standard InChI is InChI=1S/C16H19NO2/c1-12-2-3-13-4-5-16(18,14(13)10-12)15(11-17)6-8-19-9-7-15/h2-3,10,18H,4-9H2,1H3. The maximum Gasteiger partial charge on any atom is 0.109 e. The first kappa shape index (κ1) is 12.7. The van der Waals surface area contributed by atoms with E-state index >= 15 is 0 Å². The highest BCUT2D eigenvalue weighted by Crippen LogP contribution is 2.53. The topological polar surface area (TPSA) is 53.2 Å². The Labute approximate surface area is 113 Å². The van der Waals surface area contributed by atoms with E-state index in [0.29, 0.717) is 32.5 Å². The van der Waals surface area contributed by atoms with Crippen LogP contribution in [0, 0.1) is 23.7 Å². The molecule has 1 unspecified atom stereocenters. The summed E-state index contributed by atoms with van der Waals surface area (Å²) in [6, 6.07) is 8.65. The number of nitrogens with zero attached hydrogens (tertiary/aromatic N) is 1. The normalized spacial score (nSPS) is 28.7. The molecule has 1 fully saturated rings. The minimum atomic E-state index is -1.01. The van der Waals surface area contributed by atoms with Gasteiger partial charge in [0.15, 0.2) is 0 Å². The average Bonchev–Trinajstić information content (AvgIpc) is 2.78.